The zero-order valence-corrected chi connectivity index (χ0v) is 14.9. The Morgan fingerprint density at radius 3 is 2.64 bits per heavy atom. The summed E-state index contributed by atoms with van der Waals surface area (Å²) in [6.45, 7) is -0.338. The SMILES string of the molecule is COc1ccc(NC(=O)COC(=O)c2cc3c(s2)CCC3)cc1OC. The lowest BCUT2D eigenvalue weighted by atomic mass is 10.2. The van der Waals surface area contributed by atoms with Crippen LogP contribution in [0.5, 0.6) is 11.5 Å². The number of methoxy groups -OCH3 is 2. The molecule has 6 nitrogen and oxygen atoms in total. The first-order chi connectivity index (χ1) is 12.1. The molecule has 7 heteroatoms. The van der Waals surface area contributed by atoms with Crippen molar-refractivity contribution in [1.29, 1.82) is 0 Å². The number of esters is 1. The first kappa shape index (κ1) is 17.3. The van der Waals surface area contributed by atoms with Gasteiger partial charge in [0.05, 0.1) is 14.2 Å². The number of rotatable bonds is 6. The fourth-order valence-corrected chi connectivity index (χ4v) is 3.89. The topological polar surface area (TPSA) is 73.9 Å². The number of aryl methyl sites for hydroxylation is 2. The number of benzene rings is 1. The number of amides is 1. The minimum absolute atomic E-state index is 0.338. The molecule has 0 unspecified atom stereocenters. The van der Waals surface area contributed by atoms with Crippen molar-refractivity contribution in [3.05, 3.63) is 39.6 Å². The number of hydrogen-bond donors (Lipinski definition) is 1. The summed E-state index contributed by atoms with van der Waals surface area (Å²) >= 11 is 1.46. The average molecular weight is 361 g/mol. The maximum absolute atomic E-state index is 12.1. The molecule has 1 aliphatic rings. The minimum Gasteiger partial charge on any atom is -0.493 e. The number of thiophene rings is 1. The standard InChI is InChI=1S/C18H19NO5S/c1-22-13-7-6-12(9-14(13)23-2)19-17(20)10-24-18(21)16-8-11-4-3-5-15(11)25-16/h6-9H,3-5,10H2,1-2H3,(H,19,20). The molecule has 1 heterocycles. The summed E-state index contributed by atoms with van der Waals surface area (Å²) in [5, 5.41) is 2.67. The van der Waals surface area contributed by atoms with Gasteiger partial charge < -0.3 is 19.5 Å². The molecule has 0 saturated carbocycles. The zero-order chi connectivity index (χ0) is 17.8. The van der Waals surface area contributed by atoms with Crippen LogP contribution in [0.15, 0.2) is 24.3 Å². The quantitative estimate of drug-likeness (QED) is 0.801. The molecule has 0 saturated heterocycles. The highest BCUT2D eigenvalue weighted by molar-refractivity contribution is 7.14. The van der Waals surface area contributed by atoms with Gasteiger partial charge in [0.25, 0.3) is 5.91 Å². The van der Waals surface area contributed by atoms with E-state index in [1.807, 2.05) is 6.07 Å². The normalized spacial score (nSPS) is 12.4. The molecule has 0 spiro atoms. The van der Waals surface area contributed by atoms with Crippen molar-refractivity contribution in [2.75, 3.05) is 26.1 Å². The van der Waals surface area contributed by atoms with Crippen molar-refractivity contribution in [2.45, 2.75) is 19.3 Å². The molecule has 25 heavy (non-hydrogen) atoms. The number of hydrogen-bond acceptors (Lipinski definition) is 6. The summed E-state index contributed by atoms with van der Waals surface area (Å²) in [7, 11) is 3.06. The Hall–Kier alpha value is -2.54. The summed E-state index contributed by atoms with van der Waals surface area (Å²) in [5.74, 6) is 0.203. The van der Waals surface area contributed by atoms with Gasteiger partial charge in [-0.25, -0.2) is 4.79 Å². The van der Waals surface area contributed by atoms with Crippen LogP contribution < -0.4 is 14.8 Å². The van der Waals surface area contributed by atoms with E-state index in [1.165, 1.54) is 36.0 Å². The highest BCUT2D eigenvalue weighted by atomic mass is 32.1. The molecule has 2 aromatic rings. The van der Waals surface area contributed by atoms with E-state index in [-0.39, 0.29) is 6.61 Å². The summed E-state index contributed by atoms with van der Waals surface area (Å²) in [6, 6.07) is 6.89. The fraction of sp³-hybridized carbons (Fsp3) is 0.333. The Kier molecular flexibility index (Phi) is 5.23. The van der Waals surface area contributed by atoms with E-state index in [2.05, 4.69) is 5.32 Å². The van der Waals surface area contributed by atoms with Gasteiger partial charge >= 0.3 is 5.97 Å². The van der Waals surface area contributed by atoms with Crippen LogP contribution in [0.2, 0.25) is 0 Å². The molecule has 0 atom stereocenters. The van der Waals surface area contributed by atoms with Crippen LogP contribution in [-0.2, 0) is 22.4 Å². The third-order valence-electron chi connectivity index (χ3n) is 3.95. The van der Waals surface area contributed by atoms with Gasteiger partial charge in [0.2, 0.25) is 0 Å². The van der Waals surface area contributed by atoms with Crippen molar-refractivity contribution in [3.63, 3.8) is 0 Å². The maximum atomic E-state index is 12.1. The minimum atomic E-state index is -0.457. The molecule has 0 aliphatic heterocycles. The smallest absolute Gasteiger partial charge is 0.348 e. The lowest BCUT2D eigenvalue weighted by Gasteiger charge is -2.10. The number of carbonyl (C=O) groups excluding carboxylic acids is 2. The number of carbonyl (C=O) groups is 2. The van der Waals surface area contributed by atoms with Gasteiger partial charge in [0.1, 0.15) is 4.88 Å². The van der Waals surface area contributed by atoms with E-state index in [4.69, 9.17) is 14.2 Å². The second-order valence-corrected chi connectivity index (χ2v) is 6.74. The van der Waals surface area contributed by atoms with E-state index in [9.17, 15) is 9.59 Å². The van der Waals surface area contributed by atoms with E-state index in [1.54, 1.807) is 18.2 Å². The monoisotopic (exact) mass is 361 g/mol. The average Bonchev–Trinajstić information content (AvgIpc) is 3.21. The van der Waals surface area contributed by atoms with Crippen LogP contribution in [0.1, 0.15) is 26.5 Å². The number of anilines is 1. The summed E-state index contributed by atoms with van der Waals surface area (Å²) < 4.78 is 15.4. The first-order valence-electron chi connectivity index (χ1n) is 7.91. The fourth-order valence-electron chi connectivity index (χ4n) is 2.74. The van der Waals surface area contributed by atoms with E-state index < -0.39 is 11.9 Å². The van der Waals surface area contributed by atoms with Gasteiger partial charge in [-0.1, -0.05) is 0 Å². The van der Waals surface area contributed by atoms with Gasteiger partial charge in [0.15, 0.2) is 18.1 Å². The molecule has 1 aliphatic carbocycles. The Morgan fingerprint density at radius 1 is 1.12 bits per heavy atom. The van der Waals surface area contributed by atoms with Crippen LogP contribution in [-0.4, -0.2) is 32.7 Å². The van der Waals surface area contributed by atoms with Crippen LogP contribution in [0.3, 0.4) is 0 Å². The van der Waals surface area contributed by atoms with Crippen LogP contribution >= 0.6 is 11.3 Å². The molecule has 132 valence electrons. The number of fused-ring (bicyclic) bond motifs is 1. The lowest BCUT2D eigenvalue weighted by molar-refractivity contribution is -0.119. The van der Waals surface area contributed by atoms with E-state index >= 15 is 0 Å². The highest BCUT2D eigenvalue weighted by Gasteiger charge is 2.20. The van der Waals surface area contributed by atoms with Gasteiger partial charge in [-0.05, 0) is 43.0 Å². The van der Waals surface area contributed by atoms with Crippen molar-refractivity contribution in [1.82, 2.24) is 0 Å². The Balaban J connectivity index is 1.54. The molecule has 3 rings (SSSR count). The molecule has 1 N–H and O–H groups in total. The summed E-state index contributed by atoms with van der Waals surface area (Å²) in [4.78, 5) is 25.9. The maximum Gasteiger partial charge on any atom is 0.348 e. The van der Waals surface area contributed by atoms with Crippen LogP contribution in [0.4, 0.5) is 5.69 Å². The van der Waals surface area contributed by atoms with Crippen molar-refractivity contribution in [2.24, 2.45) is 0 Å². The predicted octanol–water partition coefficient (Wildman–Crippen LogP) is 3.05. The van der Waals surface area contributed by atoms with Gasteiger partial charge in [-0.15, -0.1) is 11.3 Å². The zero-order valence-electron chi connectivity index (χ0n) is 14.1. The van der Waals surface area contributed by atoms with Crippen molar-refractivity contribution < 1.29 is 23.8 Å². The Bertz CT molecular complexity index is 777. The molecule has 1 aromatic heterocycles. The van der Waals surface area contributed by atoms with E-state index in [0.29, 0.717) is 22.1 Å². The molecule has 0 bridgehead atoms. The van der Waals surface area contributed by atoms with Crippen molar-refractivity contribution in [3.8, 4) is 11.5 Å². The number of ether oxygens (including phenoxy) is 3. The molecule has 1 amide bonds. The van der Waals surface area contributed by atoms with Crippen LogP contribution in [0.25, 0.3) is 0 Å². The van der Waals surface area contributed by atoms with Gasteiger partial charge in [-0.2, -0.15) is 0 Å². The molecule has 0 radical (unpaired) electrons. The first-order valence-corrected chi connectivity index (χ1v) is 8.73. The third kappa shape index (κ3) is 3.93. The van der Waals surface area contributed by atoms with Gasteiger partial charge in [0, 0.05) is 16.6 Å². The second kappa shape index (κ2) is 7.57. The van der Waals surface area contributed by atoms with E-state index in [0.717, 1.165) is 19.3 Å². The highest BCUT2D eigenvalue weighted by Crippen LogP contribution is 2.31. The molecular weight excluding hydrogens is 342 g/mol. The lowest BCUT2D eigenvalue weighted by Crippen LogP contribution is -2.20. The van der Waals surface area contributed by atoms with Crippen LogP contribution in [0, 0.1) is 0 Å². The molecule has 0 fully saturated rings. The Morgan fingerprint density at radius 2 is 1.92 bits per heavy atom. The summed E-state index contributed by atoms with van der Waals surface area (Å²) in [5.41, 5.74) is 1.76. The summed E-state index contributed by atoms with van der Waals surface area (Å²) in [6.07, 6.45) is 3.18. The van der Waals surface area contributed by atoms with Crippen molar-refractivity contribution >= 4 is 28.9 Å². The predicted molar refractivity (Wildman–Crippen MR) is 94.8 cm³/mol. The third-order valence-corrected chi connectivity index (χ3v) is 5.17. The number of nitrogens with one attached hydrogen (secondary N) is 1. The van der Waals surface area contributed by atoms with Gasteiger partial charge in [-0.3, -0.25) is 4.79 Å². The second-order valence-electron chi connectivity index (χ2n) is 5.61. The molecule has 1 aromatic carbocycles. The molecular formula is C18H19NO5S. The Labute approximate surface area is 149 Å². The largest absolute Gasteiger partial charge is 0.493 e.